The normalized spacial score (nSPS) is 14.2. The third kappa shape index (κ3) is 0.980. The Labute approximate surface area is 81.4 Å². The summed E-state index contributed by atoms with van der Waals surface area (Å²) in [7, 11) is 0. The molecular weight excluding hydrogens is 178 g/mol. The van der Waals surface area contributed by atoms with E-state index in [9.17, 15) is 4.79 Å². The Bertz CT molecular complexity index is 446. The van der Waals surface area contributed by atoms with Crippen molar-refractivity contribution in [2.75, 3.05) is 11.4 Å². The highest BCUT2D eigenvalue weighted by Gasteiger charge is 2.39. The first-order valence-corrected chi connectivity index (χ1v) is 4.43. The lowest BCUT2D eigenvalue weighted by atomic mass is 10.1. The van der Waals surface area contributed by atoms with Gasteiger partial charge in [-0.15, -0.1) is 0 Å². The predicted octanol–water partition coefficient (Wildman–Crippen LogP) is 1.07. The first kappa shape index (κ1) is 8.66. The number of hydrogen-bond donors (Lipinski definition) is 0. The number of amides is 1. The first-order chi connectivity index (χ1) is 6.79. The molecule has 4 heteroatoms. The lowest BCUT2D eigenvalue weighted by Gasteiger charge is -2.11. The van der Waals surface area contributed by atoms with Crippen molar-refractivity contribution in [1.82, 2.24) is 0 Å². The van der Waals surface area contributed by atoms with Crippen LogP contribution in [0.4, 0.5) is 5.69 Å². The van der Waals surface area contributed by atoms with Crippen molar-refractivity contribution in [2.24, 2.45) is 0 Å². The van der Waals surface area contributed by atoms with E-state index in [-0.39, 0.29) is 11.6 Å². The highest BCUT2D eigenvalue weighted by Crippen LogP contribution is 2.27. The maximum Gasteiger partial charge on any atom is 0.389 e. The van der Waals surface area contributed by atoms with Gasteiger partial charge in [-0.1, -0.05) is 12.1 Å². The van der Waals surface area contributed by atoms with E-state index in [1.807, 2.05) is 25.1 Å². The van der Waals surface area contributed by atoms with Crippen LogP contribution in [0.15, 0.2) is 24.3 Å². The van der Waals surface area contributed by atoms with Crippen LogP contribution in [0.2, 0.25) is 0 Å². The zero-order valence-corrected chi connectivity index (χ0v) is 7.77. The minimum atomic E-state index is -0.240. The Morgan fingerprint density at radius 1 is 1.43 bits per heavy atom. The molecule has 0 unspecified atom stereocenters. The van der Waals surface area contributed by atoms with Gasteiger partial charge in [0, 0.05) is 6.54 Å². The van der Waals surface area contributed by atoms with Gasteiger partial charge in [-0.25, -0.2) is 0 Å². The molecule has 0 spiro atoms. The smallest absolute Gasteiger partial charge is 0.361 e. The standard InChI is InChI=1S/C10H9N3O/c1-2-13-8-6-4-3-5-7(8)9(12-11)10(13)14/h3-6H,2H2,1H3. The van der Waals surface area contributed by atoms with Gasteiger partial charge in [-0.2, -0.15) is 4.79 Å². The topological polar surface area (TPSA) is 56.7 Å². The van der Waals surface area contributed by atoms with Gasteiger partial charge in [-0.3, -0.25) is 4.79 Å². The molecule has 0 radical (unpaired) electrons. The van der Waals surface area contributed by atoms with Crippen molar-refractivity contribution in [3.05, 3.63) is 35.4 Å². The molecule has 2 rings (SSSR count). The van der Waals surface area contributed by atoms with E-state index >= 15 is 0 Å². The summed E-state index contributed by atoms with van der Waals surface area (Å²) >= 11 is 0. The number of hydrogen-bond acceptors (Lipinski definition) is 1. The summed E-state index contributed by atoms with van der Waals surface area (Å²) in [4.78, 5) is 16.3. The molecule has 0 bridgehead atoms. The predicted molar refractivity (Wildman–Crippen MR) is 52.2 cm³/mol. The molecule has 0 N–H and O–H groups in total. The third-order valence-electron chi connectivity index (χ3n) is 2.31. The number of fused-ring (bicyclic) bond motifs is 1. The van der Waals surface area contributed by atoms with E-state index in [2.05, 4.69) is 4.79 Å². The van der Waals surface area contributed by atoms with Crippen LogP contribution in [0.5, 0.6) is 0 Å². The van der Waals surface area contributed by atoms with Crippen LogP contribution in [0.25, 0.3) is 5.53 Å². The molecule has 0 saturated carbocycles. The summed E-state index contributed by atoms with van der Waals surface area (Å²) in [5.74, 6) is -0.240. The molecular formula is C10H9N3O. The number of nitrogens with zero attached hydrogens (tertiary/aromatic N) is 3. The minimum Gasteiger partial charge on any atom is -0.361 e. The van der Waals surface area contributed by atoms with Crippen molar-refractivity contribution in [1.29, 1.82) is 0 Å². The lowest BCUT2D eigenvalue weighted by molar-refractivity contribution is -0.116. The second-order valence-electron chi connectivity index (χ2n) is 3.02. The molecule has 0 saturated heterocycles. The summed E-state index contributed by atoms with van der Waals surface area (Å²) in [5.41, 5.74) is 10.4. The number of anilines is 1. The van der Waals surface area contributed by atoms with Crippen LogP contribution in [-0.2, 0) is 4.79 Å². The van der Waals surface area contributed by atoms with E-state index in [1.54, 1.807) is 11.0 Å². The van der Waals surface area contributed by atoms with Crippen LogP contribution in [-0.4, -0.2) is 23.0 Å². The maximum absolute atomic E-state index is 11.7. The summed E-state index contributed by atoms with van der Waals surface area (Å²) < 4.78 is 0. The number of rotatable bonds is 1. The SMILES string of the molecule is CCN1C(=O)C(=[N+]=[N-])c2ccccc21. The zero-order chi connectivity index (χ0) is 10.1. The van der Waals surface area contributed by atoms with Crippen molar-refractivity contribution in [2.45, 2.75) is 6.92 Å². The average molecular weight is 187 g/mol. The van der Waals surface area contributed by atoms with Gasteiger partial charge in [-0.05, 0) is 19.1 Å². The second-order valence-corrected chi connectivity index (χ2v) is 3.02. The molecule has 1 heterocycles. The van der Waals surface area contributed by atoms with Gasteiger partial charge in [0.1, 0.15) is 0 Å². The highest BCUT2D eigenvalue weighted by molar-refractivity contribution is 6.52. The van der Waals surface area contributed by atoms with Crippen LogP contribution >= 0.6 is 0 Å². The molecule has 0 atom stereocenters. The second kappa shape index (κ2) is 3.09. The molecule has 0 fully saturated rings. The minimum absolute atomic E-state index is 0.127. The molecule has 70 valence electrons. The van der Waals surface area contributed by atoms with Gasteiger partial charge in [0.05, 0.1) is 11.3 Å². The summed E-state index contributed by atoms with van der Waals surface area (Å²) in [6.45, 7) is 2.46. The van der Waals surface area contributed by atoms with Crippen LogP contribution in [0, 0.1) is 0 Å². The Balaban J connectivity index is 2.68. The fourth-order valence-corrected chi connectivity index (χ4v) is 1.67. The summed E-state index contributed by atoms with van der Waals surface area (Å²) in [6, 6.07) is 7.29. The molecule has 1 aliphatic rings. The van der Waals surface area contributed by atoms with Gasteiger partial charge >= 0.3 is 11.6 Å². The number of para-hydroxylation sites is 1. The molecule has 1 amide bonds. The zero-order valence-electron chi connectivity index (χ0n) is 7.77. The van der Waals surface area contributed by atoms with Crippen LogP contribution < -0.4 is 4.90 Å². The number of carbonyl (C=O) groups is 1. The van der Waals surface area contributed by atoms with Crippen molar-refractivity contribution in [3.63, 3.8) is 0 Å². The first-order valence-electron chi connectivity index (χ1n) is 4.43. The van der Waals surface area contributed by atoms with Gasteiger partial charge in [0.15, 0.2) is 0 Å². The molecule has 4 nitrogen and oxygen atoms in total. The van der Waals surface area contributed by atoms with E-state index in [1.165, 1.54) is 0 Å². The van der Waals surface area contributed by atoms with Crippen LogP contribution in [0.3, 0.4) is 0 Å². The fourth-order valence-electron chi connectivity index (χ4n) is 1.67. The van der Waals surface area contributed by atoms with E-state index in [4.69, 9.17) is 5.53 Å². The maximum atomic E-state index is 11.7. The van der Waals surface area contributed by atoms with Gasteiger partial charge in [0.25, 0.3) is 0 Å². The van der Waals surface area contributed by atoms with Crippen molar-refractivity contribution in [3.8, 4) is 0 Å². The molecule has 1 aromatic carbocycles. The third-order valence-corrected chi connectivity index (χ3v) is 2.31. The van der Waals surface area contributed by atoms with E-state index in [0.29, 0.717) is 12.1 Å². The molecule has 1 aliphatic heterocycles. The quantitative estimate of drug-likeness (QED) is 0.479. The van der Waals surface area contributed by atoms with Crippen LogP contribution in [0.1, 0.15) is 12.5 Å². The summed E-state index contributed by atoms with van der Waals surface area (Å²) in [6.07, 6.45) is 0. The highest BCUT2D eigenvalue weighted by atomic mass is 16.2. The fraction of sp³-hybridized carbons (Fsp3) is 0.200. The van der Waals surface area contributed by atoms with Gasteiger partial charge in [0.2, 0.25) is 0 Å². The Morgan fingerprint density at radius 3 is 2.79 bits per heavy atom. The van der Waals surface area contributed by atoms with Crippen molar-refractivity contribution >= 4 is 17.3 Å². The number of likely N-dealkylation sites (N-methyl/N-ethyl adjacent to an activating group) is 1. The number of benzene rings is 1. The Morgan fingerprint density at radius 2 is 2.14 bits per heavy atom. The molecule has 1 aromatic rings. The van der Waals surface area contributed by atoms with Gasteiger partial charge < -0.3 is 10.4 Å². The van der Waals surface area contributed by atoms with Crippen molar-refractivity contribution < 1.29 is 9.58 Å². The lowest BCUT2D eigenvalue weighted by Crippen LogP contribution is -2.29. The van der Waals surface area contributed by atoms with E-state index < -0.39 is 0 Å². The Hall–Kier alpha value is -1.93. The number of carbonyl (C=O) groups excluding carboxylic acids is 1. The Kier molecular flexibility index (Phi) is 1.91. The average Bonchev–Trinajstić information content (AvgIpc) is 2.49. The van der Waals surface area contributed by atoms with E-state index in [0.717, 1.165) is 5.69 Å². The molecule has 0 aliphatic carbocycles. The molecule has 0 aromatic heterocycles. The monoisotopic (exact) mass is 187 g/mol. The molecule has 14 heavy (non-hydrogen) atoms. The largest absolute Gasteiger partial charge is 0.389 e. The summed E-state index contributed by atoms with van der Waals surface area (Å²) in [5, 5.41) is 0.